The molecule has 2 aliphatic rings. The van der Waals surface area contributed by atoms with Crippen LogP contribution in [0.4, 0.5) is 11.4 Å². The van der Waals surface area contributed by atoms with Crippen molar-refractivity contribution in [2.45, 2.75) is 61.2 Å². The number of benzene rings is 2. The number of nitrogens with zero attached hydrogens (tertiary/aromatic N) is 2. The summed E-state index contributed by atoms with van der Waals surface area (Å²) in [5.41, 5.74) is 0.893. The van der Waals surface area contributed by atoms with Gasteiger partial charge in [-0.2, -0.15) is 4.58 Å². The molecular formula is C34H37N2Na3O14S4. The Morgan fingerprint density at radius 1 is 0.754 bits per heavy atom. The fourth-order valence-corrected chi connectivity index (χ4v) is 8.31. The van der Waals surface area contributed by atoms with E-state index >= 15 is 0 Å². The molecule has 0 saturated carbocycles. The first kappa shape index (κ1) is 54.0. The van der Waals surface area contributed by atoms with Crippen LogP contribution in [0.5, 0.6) is 0 Å². The van der Waals surface area contributed by atoms with Crippen LogP contribution in [0.2, 0.25) is 0 Å². The number of carboxylic acids is 1. The topological polar surface area (TPSA) is 272 Å². The summed E-state index contributed by atoms with van der Waals surface area (Å²) < 4.78 is 142. The molecule has 23 heteroatoms. The maximum atomic E-state index is 11.8. The molecule has 1 N–H and O–H groups in total. The molecule has 4 rings (SSSR count). The Kier molecular flexibility index (Phi) is 19.2. The van der Waals surface area contributed by atoms with Gasteiger partial charge in [0, 0.05) is 47.5 Å². The van der Waals surface area contributed by atoms with Crippen LogP contribution >= 0.6 is 0 Å². The maximum absolute atomic E-state index is 11.8. The number of allylic oxidation sites excluding steroid dienone is 8. The zero-order chi connectivity index (χ0) is 40.7. The van der Waals surface area contributed by atoms with Crippen molar-refractivity contribution in [3.8, 4) is 0 Å². The van der Waals surface area contributed by atoms with Gasteiger partial charge >= 0.3 is 94.6 Å². The van der Waals surface area contributed by atoms with E-state index < -0.39 is 78.6 Å². The molecule has 16 nitrogen and oxygen atoms in total. The fourth-order valence-electron chi connectivity index (χ4n) is 6.51. The van der Waals surface area contributed by atoms with Gasteiger partial charge in [0.2, 0.25) is 5.69 Å². The van der Waals surface area contributed by atoms with Crippen molar-refractivity contribution in [3.63, 3.8) is 0 Å². The maximum Gasteiger partial charge on any atom is 1.00 e. The zero-order valence-electron chi connectivity index (χ0n) is 32.5. The first-order chi connectivity index (χ1) is 24.6. The molecule has 2 aromatic rings. The summed E-state index contributed by atoms with van der Waals surface area (Å²) in [5, 5.41) is 9.40. The summed E-state index contributed by atoms with van der Waals surface area (Å²) >= 11 is 0. The van der Waals surface area contributed by atoms with E-state index in [0.29, 0.717) is 39.5 Å². The molecule has 0 spiro atoms. The normalized spacial score (nSPS) is 17.3. The molecule has 0 unspecified atom stereocenters. The molecule has 0 radical (unpaired) electrons. The van der Waals surface area contributed by atoms with E-state index in [0.717, 1.165) is 12.1 Å². The number of carboxylic acid groups (broad SMARTS) is 1. The fraction of sp³-hybridized carbons (Fsp3) is 0.353. The molecule has 2 heterocycles. The van der Waals surface area contributed by atoms with E-state index in [1.165, 1.54) is 33.7 Å². The summed E-state index contributed by atoms with van der Waals surface area (Å²) in [6, 6.07) is 7.26. The Hall–Kier alpha value is -1.02. The number of aliphatic carboxylic acids is 1. The molecular weight excluding hydrogens is 858 g/mol. The van der Waals surface area contributed by atoms with Gasteiger partial charge in [0.15, 0.2) is 12.3 Å². The van der Waals surface area contributed by atoms with E-state index in [1.807, 2.05) is 0 Å². The van der Waals surface area contributed by atoms with E-state index in [4.69, 9.17) is 0 Å². The Balaban J connectivity index is 0.00000541. The summed E-state index contributed by atoms with van der Waals surface area (Å²) in [7, 11) is -19.0. The average Bonchev–Trinajstić information content (AvgIpc) is 3.37. The Morgan fingerprint density at radius 3 is 1.82 bits per heavy atom. The van der Waals surface area contributed by atoms with Gasteiger partial charge in [-0.3, -0.25) is 4.79 Å². The second-order valence-corrected chi connectivity index (χ2v) is 19.4. The minimum absolute atomic E-state index is 0. The van der Waals surface area contributed by atoms with Crippen molar-refractivity contribution in [2.24, 2.45) is 0 Å². The van der Waals surface area contributed by atoms with Gasteiger partial charge in [-0.15, -0.1) is 0 Å². The third-order valence-corrected chi connectivity index (χ3v) is 12.2. The predicted molar refractivity (Wildman–Crippen MR) is 192 cm³/mol. The number of carbonyl (C=O) groups is 1. The Bertz CT molecular complexity index is 2490. The molecule has 294 valence electrons. The van der Waals surface area contributed by atoms with Crippen LogP contribution in [-0.4, -0.2) is 97.8 Å². The molecule has 0 amide bonds. The minimum Gasteiger partial charge on any atom is -0.748 e. The van der Waals surface area contributed by atoms with Crippen LogP contribution in [0.1, 0.15) is 51.7 Å². The summed E-state index contributed by atoms with van der Waals surface area (Å²) in [4.78, 5) is 12.0. The monoisotopic (exact) mass is 894 g/mol. The zero-order valence-corrected chi connectivity index (χ0v) is 41.7. The second-order valence-electron chi connectivity index (χ2n) is 13.6. The number of rotatable bonds is 15. The molecule has 0 bridgehead atoms. The SMILES string of the molecule is CC1(C)C(=CC=CC(=CC=CC2=[N+](CCS(=O)(=O)[O-])c3ccc(S(=O)(=O)[O-])cc3C2(C)C)CCC(=O)O)N(CCS(=O)(=O)[O-])c2ccc(S(=O)(=O)[O-])cc21.[Na+].[Na+].[Na+]. The van der Waals surface area contributed by atoms with E-state index in [9.17, 15) is 61.8 Å². The predicted octanol–water partition coefficient (Wildman–Crippen LogP) is -6.44. The number of fused-ring (bicyclic) bond motifs is 2. The van der Waals surface area contributed by atoms with Gasteiger partial charge in [0.1, 0.15) is 30.4 Å². The van der Waals surface area contributed by atoms with Crippen molar-refractivity contribution < 1.29 is 155 Å². The van der Waals surface area contributed by atoms with Crippen LogP contribution in [-0.2, 0) is 56.1 Å². The number of anilines is 1. The van der Waals surface area contributed by atoms with Gasteiger partial charge in [-0.25, -0.2) is 33.7 Å². The van der Waals surface area contributed by atoms with Crippen LogP contribution in [0.3, 0.4) is 0 Å². The van der Waals surface area contributed by atoms with Crippen LogP contribution in [0, 0.1) is 0 Å². The average molecular weight is 895 g/mol. The van der Waals surface area contributed by atoms with Crippen molar-refractivity contribution in [1.82, 2.24) is 0 Å². The second kappa shape index (κ2) is 20.2. The van der Waals surface area contributed by atoms with Gasteiger partial charge in [0.05, 0.1) is 36.8 Å². The Morgan fingerprint density at radius 2 is 1.30 bits per heavy atom. The summed E-state index contributed by atoms with van der Waals surface area (Å²) in [6.07, 6.45) is 9.14. The standard InChI is InChI=1S/C34H40N2O14S4.3Na/c1-33(2)26-21-24(53(45,46)47)12-14-28(26)35(17-19-51(39,40)41)30(33)9-5-7-23(11-16-32(37)38)8-6-10-31-34(3,4)27-22-25(54(48,49)50)13-15-29(27)36(31)18-20-52(42,43)44;;;/h5-10,12-15,21-22H,11,16-20H2,1-4H3,(H4-,37,38,39,40,41,42,43,44,45,46,47,48,49,50);;;/q;3*+1/p-3. The summed E-state index contributed by atoms with van der Waals surface area (Å²) in [5.74, 6) is -2.68. The molecule has 2 aromatic carbocycles. The van der Waals surface area contributed by atoms with Gasteiger partial charge < -0.3 is 28.2 Å². The largest absolute Gasteiger partial charge is 1.00 e. The first-order valence-corrected chi connectivity index (χ1v) is 22.1. The minimum atomic E-state index is -4.84. The van der Waals surface area contributed by atoms with Crippen LogP contribution in [0.15, 0.2) is 93.9 Å². The quantitative estimate of drug-likeness (QED) is 0.0754. The third-order valence-electron chi connectivity index (χ3n) is 9.19. The summed E-state index contributed by atoms with van der Waals surface area (Å²) in [6.45, 7) is 6.25. The van der Waals surface area contributed by atoms with Crippen LogP contribution in [0.25, 0.3) is 0 Å². The number of hydrogen-bond donors (Lipinski definition) is 1. The van der Waals surface area contributed by atoms with Crippen molar-refractivity contribution >= 4 is 63.5 Å². The van der Waals surface area contributed by atoms with Gasteiger partial charge in [0.25, 0.3) is 0 Å². The molecule has 2 aliphatic heterocycles. The van der Waals surface area contributed by atoms with E-state index in [-0.39, 0.29) is 115 Å². The Labute approximate surface area is 399 Å². The molecule has 0 fully saturated rings. The number of hydrogen-bond acceptors (Lipinski definition) is 14. The van der Waals surface area contributed by atoms with Crippen LogP contribution < -0.4 is 93.6 Å². The third kappa shape index (κ3) is 13.7. The van der Waals surface area contributed by atoms with Crippen molar-refractivity contribution in [1.29, 1.82) is 0 Å². The van der Waals surface area contributed by atoms with Crippen molar-refractivity contribution in [3.05, 3.63) is 95.3 Å². The smallest absolute Gasteiger partial charge is 0.748 e. The van der Waals surface area contributed by atoms with Crippen molar-refractivity contribution in [2.75, 3.05) is 29.5 Å². The van der Waals surface area contributed by atoms with Gasteiger partial charge in [-0.1, -0.05) is 38.2 Å². The molecule has 0 atom stereocenters. The molecule has 0 aliphatic carbocycles. The van der Waals surface area contributed by atoms with Gasteiger partial charge in [-0.05, 0) is 67.8 Å². The molecule has 0 saturated heterocycles. The first-order valence-electron chi connectivity index (χ1n) is 16.1. The molecule has 57 heavy (non-hydrogen) atoms. The van der Waals surface area contributed by atoms with E-state index in [2.05, 4.69) is 0 Å². The molecule has 0 aromatic heterocycles. The van der Waals surface area contributed by atoms with E-state index in [1.54, 1.807) is 64.2 Å².